The third kappa shape index (κ3) is 3.83. The predicted octanol–water partition coefficient (Wildman–Crippen LogP) is 2.67. The molecule has 20 heavy (non-hydrogen) atoms. The van der Waals surface area contributed by atoms with Crippen LogP contribution in [0.25, 0.3) is 0 Å². The molecule has 0 aliphatic heterocycles. The van der Waals surface area contributed by atoms with Gasteiger partial charge in [-0.05, 0) is 43.7 Å². The smallest absolute Gasteiger partial charge is 0.227 e. The molecule has 110 valence electrons. The summed E-state index contributed by atoms with van der Waals surface area (Å²) in [5.41, 5.74) is 6.91. The zero-order chi connectivity index (χ0) is 14.4. The Balaban J connectivity index is 1.85. The van der Waals surface area contributed by atoms with Gasteiger partial charge in [0, 0.05) is 6.54 Å². The lowest BCUT2D eigenvalue weighted by Crippen LogP contribution is -2.38. The molecule has 3 atom stereocenters. The van der Waals surface area contributed by atoms with Crippen molar-refractivity contribution in [2.75, 3.05) is 13.1 Å². The van der Waals surface area contributed by atoms with Crippen molar-refractivity contribution in [3.8, 4) is 0 Å². The molecule has 2 rings (SSSR count). The average Bonchev–Trinajstić information content (AvgIpc) is 2.53. The van der Waals surface area contributed by atoms with Crippen LogP contribution in [0.2, 0.25) is 0 Å². The molecule has 3 unspecified atom stereocenters. The fourth-order valence-corrected chi connectivity index (χ4v) is 3.14. The van der Waals surface area contributed by atoms with Gasteiger partial charge in [0.05, 0.1) is 5.92 Å². The molecule has 3 heteroatoms. The summed E-state index contributed by atoms with van der Waals surface area (Å²) in [4.78, 5) is 12.2. The minimum Gasteiger partial charge on any atom is -0.355 e. The second kappa shape index (κ2) is 7.44. The lowest BCUT2D eigenvalue weighted by Gasteiger charge is -2.31. The van der Waals surface area contributed by atoms with E-state index in [1.165, 1.54) is 25.7 Å². The van der Waals surface area contributed by atoms with Gasteiger partial charge in [0.2, 0.25) is 5.91 Å². The number of benzene rings is 1. The van der Waals surface area contributed by atoms with Gasteiger partial charge in [0.25, 0.3) is 0 Å². The zero-order valence-electron chi connectivity index (χ0n) is 12.3. The lowest BCUT2D eigenvalue weighted by molar-refractivity contribution is -0.122. The van der Waals surface area contributed by atoms with Gasteiger partial charge >= 0.3 is 0 Å². The van der Waals surface area contributed by atoms with E-state index >= 15 is 0 Å². The van der Waals surface area contributed by atoms with Crippen molar-refractivity contribution in [1.29, 1.82) is 0 Å². The van der Waals surface area contributed by atoms with Gasteiger partial charge in [0.15, 0.2) is 0 Å². The first-order chi connectivity index (χ1) is 9.72. The highest BCUT2D eigenvalue weighted by molar-refractivity contribution is 5.83. The van der Waals surface area contributed by atoms with Crippen molar-refractivity contribution in [2.45, 2.75) is 38.5 Å². The van der Waals surface area contributed by atoms with Crippen molar-refractivity contribution in [3.05, 3.63) is 35.9 Å². The third-order valence-electron chi connectivity index (χ3n) is 4.60. The fourth-order valence-electron chi connectivity index (χ4n) is 3.14. The van der Waals surface area contributed by atoms with Crippen LogP contribution in [0.4, 0.5) is 0 Å². The minimum atomic E-state index is -0.0869. The number of hydrogen-bond acceptors (Lipinski definition) is 2. The van der Waals surface area contributed by atoms with E-state index in [0.717, 1.165) is 18.7 Å². The lowest BCUT2D eigenvalue weighted by atomic mass is 9.79. The van der Waals surface area contributed by atoms with Gasteiger partial charge in [-0.1, -0.05) is 43.2 Å². The van der Waals surface area contributed by atoms with Gasteiger partial charge in [-0.3, -0.25) is 4.79 Å². The quantitative estimate of drug-likeness (QED) is 0.867. The van der Waals surface area contributed by atoms with Crippen molar-refractivity contribution in [3.63, 3.8) is 0 Å². The van der Waals surface area contributed by atoms with E-state index in [9.17, 15) is 4.79 Å². The number of rotatable bonds is 5. The summed E-state index contributed by atoms with van der Waals surface area (Å²) >= 11 is 0. The Hall–Kier alpha value is -1.35. The first-order valence-corrected chi connectivity index (χ1v) is 7.75. The highest BCUT2D eigenvalue weighted by atomic mass is 16.1. The van der Waals surface area contributed by atoms with Crippen LogP contribution >= 0.6 is 0 Å². The topological polar surface area (TPSA) is 55.1 Å². The molecule has 0 saturated heterocycles. The van der Waals surface area contributed by atoms with Crippen molar-refractivity contribution < 1.29 is 4.79 Å². The van der Waals surface area contributed by atoms with Crippen molar-refractivity contribution >= 4 is 5.91 Å². The van der Waals surface area contributed by atoms with Crippen LogP contribution in [0.5, 0.6) is 0 Å². The zero-order valence-corrected chi connectivity index (χ0v) is 12.3. The maximum absolute atomic E-state index is 12.2. The molecular formula is C17H26N2O. The number of hydrogen-bond donors (Lipinski definition) is 2. The Morgan fingerprint density at radius 1 is 1.25 bits per heavy atom. The van der Waals surface area contributed by atoms with E-state index in [-0.39, 0.29) is 11.8 Å². The number of nitrogens with one attached hydrogen (secondary N) is 1. The highest BCUT2D eigenvalue weighted by Gasteiger charge is 2.25. The molecule has 1 aliphatic rings. The second-order valence-corrected chi connectivity index (χ2v) is 5.92. The first kappa shape index (κ1) is 15.0. The van der Waals surface area contributed by atoms with Gasteiger partial charge < -0.3 is 11.1 Å². The molecule has 1 aromatic carbocycles. The van der Waals surface area contributed by atoms with Crippen LogP contribution in [-0.2, 0) is 4.79 Å². The molecule has 1 fully saturated rings. The molecule has 0 heterocycles. The highest BCUT2D eigenvalue weighted by Crippen LogP contribution is 2.28. The van der Waals surface area contributed by atoms with E-state index in [1.54, 1.807) is 0 Å². The molecule has 0 radical (unpaired) electrons. The molecule has 0 aromatic heterocycles. The van der Waals surface area contributed by atoms with Crippen molar-refractivity contribution in [1.82, 2.24) is 5.32 Å². The second-order valence-electron chi connectivity index (χ2n) is 5.92. The van der Waals surface area contributed by atoms with E-state index in [2.05, 4.69) is 5.32 Å². The molecule has 1 saturated carbocycles. The average molecular weight is 274 g/mol. The summed E-state index contributed by atoms with van der Waals surface area (Å²) in [7, 11) is 0. The largest absolute Gasteiger partial charge is 0.355 e. The fraction of sp³-hybridized carbons (Fsp3) is 0.588. The minimum absolute atomic E-state index is 0.0869. The summed E-state index contributed by atoms with van der Waals surface area (Å²) in [5.74, 6) is 1.17. The number of amides is 1. The SMILES string of the molecule is CC(C(=O)NCC1CCCCC1CN)c1ccccc1. The van der Waals surface area contributed by atoms with E-state index in [4.69, 9.17) is 5.73 Å². The predicted molar refractivity (Wildman–Crippen MR) is 82.4 cm³/mol. The molecular weight excluding hydrogens is 248 g/mol. The van der Waals surface area contributed by atoms with Crippen LogP contribution in [-0.4, -0.2) is 19.0 Å². The number of carbonyl (C=O) groups is 1. The first-order valence-electron chi connectivity index (χ1n) is 7.75. The van der Waals surface area contributed by atoms with E-state index in [0.29, 0.717) is 11.8 Å². The molecule has 1 amide bonds. The summed E-state index contributed by atoms with van der Waals surface area (Å²) in [5, 5.41) is 3.12. The number of carbonyl (C=O) groups excluding carboxylic acids is 1. The monoisotopic (exact) mass is 274 g/mol. The molecule has 0 bridgehead atoms. The summed E-state index contributed by atoms with van der Waals surface area (Å²) in [6, 6.07) is 9.94. The van der Waals surface area contributed by atoms with E-state index < -0.39 is 0 Å². The van der Waals surface area contributed by atoms with Crippen LogP contribution in [0.15, 0.2) is 30.3 Å². The standard InChI is InChI=1S/C17H26N2O/c1-13(14-7-3-2-4-8-14)17(20)19-12-16-10-6-5-9-15(16)11-18/h2-4,7-8,13,15-16H,5-6,9-12,18H2,1H3,(H,19,20). The third-order valence-corrected chi connectivity index (χ3v) is 4.60. The molecule has 3 nitrogen and oxygen atoms in total. The van der Waals surface area contributed by atoms with Gasteiger partial charge in [-0.15, -0.1) is 0 Å². The van der Waals surface area contributed by atoms with Crippen LogP contribution < -0.4 is 11.1 Å². The van der Waals surface area contributed by atoms with Crippen LogP contribution in [0, 0.1) is 11.8 Å². The number of nitrogens with two attached hydrogens (primary N) is 1. The summed E-state index contributed by atoms with van der Waals surface area (Å²) in [6.45, 7) is 3.48. The van der Waals surface area contributed by atoms with E-state index in [1.807, 2.05) is 37.3 Å². The maximum Gasteiger partial charge on any atom is 0.227 e. The Kier molecular flexibility index (Phi) is 5.60. The van der Waals surface area contributed by atoms with Crippen LogP contribution in [0.1, 0.15) is 44.1 Å². The molecule has 1 aromatic rings. The molecule has 3 N–H and O–H groups in total. The van der Waals surface area contributed by atoms with Gasteiger partial charge in [-0.2, -0.15) is 0 Å². The maximum atomic E-state index is 12.2. The normalized spacial score (nSPS) is 24.1. The Morgan fingerprint density at radius 3 is 2.55 bits per heavy atom. The van der Waals surface area contributed by atoms with Crippen molar-refractivity contribution in [2.24, 2.45) is 17.6 Å². The Morgan fingerprint density at radius 2 is 1.90 bits per heavy atom. The molecule has 0 spiro atoms. The summed E-state index contributed by atoms with van der Waals surface area (Å²) < 4.78 is 0. The van der Waals surface area contributed by atoms with Crippen LogP contribution in [0.3, 0.4) is 0 Å². The Bertz CT molecular complexity index is 418. The molecule has 1 aliphatic carbocycles. The van der Waals surface area contributed by atoms with Gasteiger partial charge in [-0.25, -0.2) is 0 Å². The summed E-state index contributed by atoms with van der Waals surface area (Å²) in [6.07, 6.45) is 4.96. The Labute approximate surface area is 121 Å². The van der Waals surface area contributed by atoms with Gasteiger partial charge in [0.1, 0.15) is 0 Å².